The zero-order valence-electron chi connectivity index (χ0n) is 15.6. The molecule has 8 heteroatoms. The zero-order valence-corrected chi connectivity index (χ0v) is 16.4. The Bertz CT molecular complexity index is 859. The summed E-state index contributed by atoms with van der Waals surface area (Å²) in [5.41, 5.74) is 0.750. The maximum atomic E-state index is 12.4. The number of carbonyl (C=O) groups excluding carboxylic acids is 1. The summed E-state index contributed by atoms with van der Waals surface area (Å²) < 4.78 is 7.28. The van der Waals surface area contributed by atoms with Crippen molar-refractivity contribution in [2.75, 3.05) is 12.4 Å². The quantitative estimate of drug-likeness (QED) is 0.610. The maximum Gasteiger partial charge on any atom is 0.321 e. The minimum Gasteiger partial charge on any atom is -0.468 e. The van der Waals surface area contributed by atoms with E-state index in [0.717, 1.165) is 27.9 Å². The van der Waals surface area contributed by atoms with Crippen LogP contribution in [0.25, 0.3) is 0 Å². The van der Waals surface area contributed by atoms with Crippen molar-refractivity contribution >= 4 is 23.5 Å². The van der Waals surface area contributed by atoms with Gasteiger partial charge in [-0.3, -0.25) is 0 Å². The fourth-order valence-electron chi connectivity index (χ4n) is 2.50. The minimum atomic E-state index is -0.190. The third-order valence-electron chi connectivity index (χ3n) is 4.00. The fourth-order valence-corrected chi connectivity index (χ4v) is 3.30. The lowest BCUT2D eigenvalue weighted by Gasteiger charge is -2.19. The van der Waals surface area contributed by atoms with Gasteiger partial charge in [0.2, 0.25) is 0 Å². The highest BCUT2D eigenvalue weighted by Crippen LogP contribution is 2.24. The molecule has 0 saturated carbocycles. The molecule has 2 aromatic heterocycles. The molecule has 0 unspecified atom stereocenters. The van der Waals surface area contributed by atoms with Gasteiger partial charge in [-0.2, -0.15) is 0 Å². The van der Waals surface area contributed by atoms with E-state index in [4.69, 9.17) is 4.42 Å². The number of rotatable bonds is 7. The monoisotopic (exact) mass is 385 g/mol. The van der Waals surface area contributed by atoms with E-state index in [2.05, 4.69) is 29.4 Å². The van der Waals surface area contributed by atoms with Crippen LogP contribution >= 0.6 is 11.8 Å². The first-order valence-electron chi connectivity index (χ1n) is 8.68. The molecule has 0 fully saturated rings. The zero-order chi connectivity index (χ0) is 19.2. The molecule has 0 spiro atoms. The van der Waals surface area contributed by atoms with Crippen molar-refractivity contribution in [3.8, 4) is 0 Å². The third-order valence-corrected chi connectivity index (χ3v) is 5.03. The number of urea groups is 1. The Morgan fingerprint density at radius 2 is 2.07 bits per heavy atom. The lowest BCUT2D eigenvalue weighted by Crippen LogP contribution is -2.32. The van der Waals surface area contributed by atoms with Gasteiger partial charge in [-0.15, -0.1) is 22.0 Å². The number of thioether (sulfide) groups is 1. The summed E-state index contributed by atoms with van der Waals surface area (Å²) in [6, 6.07) is 11.7. The lowest BCUT2D eigenvalue weighted by molar-refractivity contribution is 0.218. The molecule has 7 nitrogen and oxygen atoms in total. The number of nitrogens with zero attached hydrogens (tertiary/aromatic N) is 4. The van der Waals surface area contributed by atoms with Gasteiger partial charge in [-0.25, -0.2) is 4.79 Å². The van der Waals surface area contributed by atoms with Gasteiger partial charge in [0.25, 0.3) is 0 Å². The molecule has 0 aliphatic carbocycles. The molecular formula is C19H23N5O2S. The second-order valence-corrected chi connectivity index (χ2v) is 7.48. The van der Waals surface area contributed by atoms with Crippen molar-refractivity contribution in [2.45, 2.75) is 37.1 Å². The molecule has 3 aromatic rings. The van der Waals surface area contributed by atoms with E-state index in [9.17, 15) is 4.79 Å². The molecule has 0 bridgehead atoms. The van der Waals surface area contributed by atoms with Crippen molar-refractivity contribution in [3.05, 3.63) is 60.6 Å². The van der Waals surface area contributed by atoms with E-state index >= 15 is 0 Å². The molecule has 0 atom stereocenters. The predicted molar refractivity (Wildman–Crippen MR) is 106 cm³/mol. The van der Waals surface area contributed by atoms with Gasteiger partial charge in [-0.1, -0.05) is 0 Å². The van der Waals surface area contributed by atoms with Crippen molar-refractivity contribution in [1.82, 2.24) is 19.7 Å². The Morgan fingerprint density at radius 1 is 1.30 bits per heavy atom. The smallest absolute Gasteiger partial charge is 0.321 e. The standard InChI is InChI=1S/C19H23N5O2S/c1-14(2)24-13-20-22-18(24)11-23(3)19(25)21-15-6-8-17(9-7-15)27-12-16-5-4-10-26-16/h4-10,13-14H,11-12H2,1-3H3,(H,21,25). The van der Waals surface area contributed by atoms with Gasteiger partial charge in [0, 0.05) is 23.7 Å². The summed E-state index contributed by atoms with van der Waals surface area (Å²) in [6.45, 7) is 4.50. The highest BCUT2D eigenvalue weighted by Gasteiger charge is 2.14. The largest absolute Gasteiger partial charge is 0.468 e. The van der Waals surface area contributed by atoms with Crippen molar-refractivity contribution in [2.24, 2.45) is 0 Å². The highest BCUT2D eigenvalue weighted by atomic mass is 32.2. The molecule has 142 valence electrons. The van der Waals surface area contributed by atoms with Crippen LogP contribution in [0, 0.1) is 0 Å². The first kappa shape index (κ1) is 19.0. The molecule has 0 saturated heterocycles. The Kier molecular flexibility index (Phi) is 6.18. The molecule has 0 aliphatic heterocycles. The summed E-state index contributed by atoms with van der Waals surface area (Å²) in [4.78, 5) is 15.1. The SMILES string of the molecule is CC(C)n1cnnc1CN(C)C(=O)Nc1ccc(SCc2ccco2)cc1. The molecule has 1 aromatic carbocycles. The number of anilines is 1. The third kappa shape index (κ3) is 5.13. The minimum absolute atomic E-state index is 0.190. The van der Waals surface area contributed by atoms with E-state index in [1.54, 1.807) is 36.3 Å². The van der Waals surface area contributed by atoms with E-state index < -0.39 is 0 Å². The number of hydrogen-bond donors (Lipinski definition) is 1. The molecule has 0 radical (unpaired) electrons. The van der Waals surface area contributed by atoms with Gasteiger partial charge in [0.1, 0.15) is 12.1 Å². The number of furan rings is 1. The number of carbonyl (C=O) groups is 1. The van der Waals surface area contributed by atoms with Gasteiger partial charge >= 0.3 is 6.03 Å². The van der Waals surface area contributed by atoms with E-state index in [-0.39, 0.29) is 12.1 Å². The van der Waals surface area contributed by atoms with Crippen LogP contribution in [0.1, 0.15) is 31.5 Å². The van der Waals surface area contributed by atoms with Crippen LogP contribution in [0.5, 0.6) is 0 Å². The van der Waals surface area contributed by atoms with Crippen LogP contribution in [0.15, 0.2) is 58.3 Å². The number of hydrogen-bond acceptors (Lipinski definition) is 5. The first-order valence-corrected chi connectivity index (χ1v) is 9.67. The van der Waals surface area contributed by atoms with E-state index in [1.807, 2.05) is 41.0 Å². The lowest BCUT2D eigenvalue weighted by atomic mass is 10.3. The Hall–Kier alpha value is -2.74. The van der Waals surface area contributed by atoms with Gasteiger partial charge in [0.15, 0.2) is 5.82 Å². The molecule has 1 N–H and O–H groups in total. The van der Waals surface area contributed by atoms with E-state index in [0.29, 0.717) is 6.54 Å². The van der Waals surface area contributed by atoms with Gasteiger partial charge in [0.05, 0.1) is 18.6 Å². The van der Waals surface area contributed by atoms with E-state index in [1.165, 1.54) is 0 Å². The second-order valence-electron chi connectivity index (χ2n) is 6.43. The summed E-state index contributed by atoms with van der Waals surface area (Å²) in [6.07, 6.45) is 3.36. The van der Waals surface area contributed by atoms with Crippen LogP contribution in [0.3, 0.4) is 0 Å². The molecule has 0 aliphatic rings. The normalized spacial score (nSPS) is 11.0. The van der Waals surface area contributed by atoms with Crippen molar-refractivity contribution in [3.63, 3.8) is 0 Å². The van der Waals surface area contributed by atoms with Crippen molar-refractivity contribution in [1.29, 1.82) is 0 Å². The number of nitrogens with one attached hydrogen (secondary N) is 1. The van der Waals surface area contributed by atoms with Gasteiger partial charge in [-0.05, 0) is 50.2 Å². The summed E-state index contributed by atoms with van der Waals surface area (Å²) in [7, 11) is 1.74. The Morgan fingerprint density at radius 3 is 2.74 bits per heavy atom. The topological polar surface area (TPSA) is 76.2 Å². The molecule has 27 heavy (non-hydrogen) atoms. The average molecular weight is 385 g/mol. The Labute approximate surface area is 162 Å². The Balaban J connectivity index is 1.53. The fraction of sp³-hybridized carbons (Fsp3) is 0.316. The summed E-state index contributed by atoms with van der Waals surface area (Å²) >= 11 is 1.68. The maximum absolute atomic E-state index is 12.4. The molecule has 2 heterocycles. The molecular weight excluding hydrogens is 362 g/mol. The number of amides is 2. The second kappa shape index (κ2) is 8.77. The summed E-state index contributed by atoms with van der Waals surface area (Å²) in [5.74, 6) is 2.47. The number of benzene rings is 1. The van der Waals surface area contributed by atoms with Crippen LogP contribution in [-0.2, 0) is 12.3 Å². The van der Waals surface area contributed by atoms with Crippen LogP contribution in [0.4, 0.5) is 10.5 Å². The number of aromatic nitrogens is 3. The van der Waals surface area contributed by atoms with Crippen molar-refractivity contribution < 1.29 is 9.21 Å². The molecule has 2 amide bonds. The average Bonchev–Trinajstić information content (AvgIpc) is 3.32. The summed E-state index contributed by atoms with van der Waals surface area (Å²) in [5, 5.41) is 10.9. The molecule has 3 rings (SSSR count). The highest BCUT2D eigenvalue weighted by molar-refractivity contribution is 7.98. The predicted octanol–water partition coefficient (Wildman–Crippen LogP) is 4.41. The first-order chi connectivity index (χ1) is 13.0. The van der Waals surface area contributed by atoms with Gasteiger partial charge < -0.3 is 19.2 Å². The van der Waals surface area contributed by atoms with Crippen LogP contribution < -0.4 is 5.32 Å². The van der Waals surface area contributed by atoms with Crippen LogP contribution in [-0.4, -0.2) is 32.7 Å². The van der Waals surface area contributed by atoms with Crippen LogP contribution in [0.2, 0.25) is 0 Å².